The van der Waals surface area contributed by atoms with Gasteiger partial charge < -0.3 is 9.15 Å². The Bertz CT molecular complexity index is 1050. The van der Waals surface area contributed by atoms with Crippen molar-refractivity contribution in [3.8, 4) is 5.75 Å². The summed E-state index contributed by atoms with van der Waals surface area (Å²) in [5.74, 6) is -0.0767. The van der Waals surface area contributed by atoms with E-state index in [9.17, 15) is 9.59 Å². The molecule has 5 nitrogen and oxygen atoms in total. The van der Waals surface area contributed by atoms with Crippen molar-refractivity contribution in [2.75, 3.05) is 6.61 Å². The zero-order valence-electron chi connectivity index (χ0n) is 13.6. The van der Waals surface area contributed by atoms with Crippen LogP contribution in [0.1, 0.15) is 11.1 Å². The molecule has 0 amide bonds. The number of hydrogen-bond acceptors (Lipinski definition) is 4. The van der Waals surface area contributed by atoms with Crippen molar-refractivity contribution < 1.29 is 9.15 Å². The third kappa shape index (κ3) is 3.72. The highest BCUT2D eigenvalue weighted by Crippen LogP contribution is 2.25. The molecule has 0 aliphatic heterocycles. The average molecular weight is 380 g/mol. The quantitative estimate of drug-likeness (QED) is 0.688. The summed E-state index contributed by atoms with van der Waals surface area (Å²) in [6.07, 6.45) is 0. The number of aromatic nitrogens is 1. The van der Waals surface area contributed by atoms with E-state index in [2.05, 4.69) is 0 Å². The fourth-order valence-corrected chi connectivity index (χ4v) is 3.35. The molecule has 3 rings (SSSR count). The molecule has 0 unspecified atom stereocenters. The number of ether oxygens (including phenoxy) is 1. The normalized spacial score (nSPS) is 11.0. The molecule has 1 heterocycles. The maximum atomic E-state index is 12.1. The number of aryl methyl sites for hydroxylation is 2. The predicted molar refractivity (Wildman–Crippen MR) is 98.2 cm³/mol. The highest BCUT2D eigenvalue weighted by Gasteiger charge is 2.14. The zero-order valence-corrected chi connectivity index (χ0v) is 15.1. The Hall–Kier alpha value is -2.24. The van der Waals surface area contributed by atoms with Crippen LogP contribution in [0.25, 0.3) is 10.9 Å². The molecule has 1 aromatic heterocycles. The van der Waals surface area contributed by atoms with E-state index in [-0.39, 0.29) is 29.1 Å². The summed E-state index contributed by atoms with van der Waals surface area (Å²) in [6, 6.07) is 8.76. The number of fused-ring (bicyclic) bond motifs is 1. The van der Waals surface area contributed by atoms with Crippen molar-refractivity contribution >= 4 is 34.1 Å². The van der Waals surface area contributed by atoms with Crippen LogP contribution in [0.3, 0.4) is 0 Å². The van der Waals surface area contributed by atoms with Crippen molar-refractivity contribution in [3.05, 3.63) is 72.5 Å². The van der Waals surface area contributed by atoms with Crippen LogP contribution in [0.4, 0.5) is 0 Å². The van der Waals surface area contributed by atoms with Crippen molar-refractivity contribution in [3.63, 3.8) is 0 Å². The van der Waals surface area contributed by atoms with E-state index in [1.54, 1.807) is 0 Å². The summed E-state index contributed by atoms with van der Waals surface area (Å²) in [5, 5.41) is 0.656. The fraction of sp³-hybridized carbons (Fsp3) is 0.222. The number of halogens is 2. The summed E-state index contributed by atoms with van der Waals surface area (Å²) in [5.41, 5.74) is 1.69. The molecule has 0 N–H and O–H groups in total. The largest absolute Gasteiger partial charge is 0.492 e. The predicted octanol–water partition coefficient (Wildman–Crippen LogP) is 3.96. The van der Waals surface area contributed by atoms with Gasteiger partial charge in [-0.15, -0.1) is 0 Å². The lowest BCUT2D eigenvalue weighted by molar-refractivity contribution is 0.287. The van der Waals surface area contributed by atoms with Gasteiger partial charge in [0.05, 0.1) is 22.5 Å². The van der Waals surface area contributed by atoms with Gasteiger partial charge in [-0.1, -0.05) is 29.3 Å². The molecule has 3 aromatic rings. The third-order valence-electron chi connectivity index (χ3n) is 3.70. The number of nitrogens with zero attached hydrogens (tertiary/aromatic N) is 1. The van der Waals surface area contributed by atoms with E-state index >= 15 is 0 Å². The SMILES string of the molecule is Cc1cc(C)cc(OCCn2c(=O)oc(=O)c3cc(Cl)cc(Cl)c32)c1. The fourth-order valence-electron chi connectivity index (χ4n) is 2.75. The van der Waals surface area contributed by atoms with Gasteiger partial charge in [0.15, 0.2) is 0 Å². The lowest BCUT2D eigenvalue weighted by Gasteiger charge is -2.12. The van der Waals surface area contributed by atoms with E-state index in [0.29, 0.717) is 10.8 Å². The van der Waals surface area contributed by atoms with E-state index in [0.717, 1.165) is 11.1 Å². The number of hydrogen-bond donors (Lipinski definition) is 0. The van der Waals surface area contributed by atoms with Crippen LogP contribution >= 0.6 is 23.2 Å². The first-order valence-corrected chi connectivity index (χ1v) is 8.34. The molecule has 0 aliphatic rings. The second-order valence-electron chi connectivity index (χ2n) is 5.76. The summed E-state index contributed by atoms with van der Waals surface area (Å²) in [4.78, 5) is 24.0. The van der Waals surface area contributed by atoms with Crippen LogP contribution in [0.2, 0.25) is 10.0 Å². The maximum Gasteiger partial charge on any atom is 0.422 e. The standard InChI is InChI=1S/C18H15Cl2NO4/c1-10-5-11(2)7-13(6-10)24-4-3-21-16-14(17(22)25-18(21)23)8-12(19)9-15(16)20/h5-9H,3-4H2,1-2H3. The molecule has 7 heteroatoms. The van der Waals surface area contributed by atoms with Gasteiger partial charge in [0.25, 0.3) is 0 Å². The van der Waals surface area contributed by atoms with Crippen molar-refractivity contribution in [1.29, 1.82) is 0 Å². The van der Waals surface area contributed by atoms with E-state index in [4.69, 9.17) is 32.4 Å². The van der Waals surface area contributed by atoms with Crippen LogP contribution in [0.5, 0.6) is 5.75 Å². The van der Waals surface area contributed by atoms with Gasteiger partial charge in [-0.25, -0.2) is 9.59 Å². The first kappa shape index (κ1) is 17.6. The highest BCUT2D eigenvalue weighted by atomic mass is 35.5. The molecular formula is C18H15Cl2NO4. The van der Waals surface area contributed by atoms with Crippen LogP contribution in [0, 0.1) is 13.8 Å². The smallest absolute Gasteiger partial charge is 0.422 e. The Morgan fingerprint density at radius 3 is 2.40 bits per heavy atom. The lowest BCUT2D eigenvalue weighted by atomic mass is 10.1. The molecule has 2 aromatic carbocycles. The van der Waals surface area contributed by atoms with Gasteiger partial charge in [-0.3, -0.25) is 4.57 Å². The molecule has 0 bridgehead atoms. The van der Waals surface area contributed by atoms with Gasteiger partial charge in [0.1, 0.15) is 12.4 Å². The van der Waals surface area contributed by atoms with Crippen molar-refractivity contribution in [2.45, 2.75) is 20.4 Å². The van der Waals surface area contributed by atoms with Gasteiger partial charge in [-0.05, 0) is 49.2 Å². The van der Waals surface area contributed by atoms with Crippen LogP contribution < -0.4 is 16.1 Å². The van der Waals surface area contributed by atoms with Crippen molar-refractivity contribution in [2.24, 2.45) is 0 Å². The second-order valence-corrected chi connectivity index (χ2v) is 6.61. The summed E-state index contributed by atoms with van der Waals surface area (Å²) in [7, 11) is 0. The summed E-state index contributed by atoms with van der Waals surface area (Å²) in [6.45, 7) is 4.35. The Labute approximate surface area is 153 Å². The summed E-state index contributed by atoms with van der Waals surface area (Å²) < 4.78 is 11.7. The van der Waals surface area contributed by atoms with Crippen LogP contribution in [-0.4, -0.2) is 11.2 Å². The molecule has 0 aliphatic carbocycles. The average Bonchev–Trinajstić information content (AvgIpc) is 2.49. The Balaban J connectivity index is 1.94. The van der Waals surface area contributed by atoms with Gasteiger partial charge >= 0.3 is 11.4 Å². The molecular weight excluding hydrogens is 365 g/mol. The van der Waals surface area contributed by atoms with Crippen LogP contribution in [-0.2, 0) is 6.54 Å². The number of rotatable bonds is 4. The minimum absolute atomic E-state index is 0.156. The second kappa shape index (κ2) is 6.94. The molecule has 25 heavy (non-hydrogen) atoms. The molecule has 0 saturated heterocycles. The van der Waals surface area contributed by atoms with E-state index in [1.807, 2.05) is 32.0 Å². The van der Waals surface area contributed by atoms with E-state index in [1.165, 1.54) is 16.7 Å². The first-order valence-electron chi connectivity index (χ1n) is 7.59. The molecule has 0 saturated carbocycles. The minimum atomic E-state index is -0.786. The molecule has 0 radical (unpaired) electrons. The third-order valence-corrected chi connectivity index (χ3v) is 4.20. The van der Waals surface area contributed by atoms with Gasteiger partial charge in [0.2, 0.25) is 0 Å². The van der Waals surface area contributed by atoms with Gasteiger partial charge in [-0.2, -0.15) is 0 Å². The Morgan fingerprint density at radius 1 is 1.04 bits per heavy atom. The maximum absolute atomic E-state index is 12.1. The zero-order chi connectivity index (χ0) is 18.1. The molecule has 130 valence electrons. The summed E-state index contributed by atoms with van der Waals surface area (Å²) >= 11 is 12.1. The minimum Gasteiger partial charge on any atom is -0.492 e. The van der Waals surface area contributed by atoms with Crippen LogP contribution in [0.15, 0.2) is 44.3 Å². The molecule has 0 spiro atoms. The van der Waals surface area contributed by atoms with E-state index < -0.39 is 11.4 Å². The first-order chi connectivity index (χ1) is 11.8. The lowest BCUT2D eigenvalue weighted by Crippen LogP contribution is -2.27. The number of benzene rings is 2. The highest BCUT2D eigenvalue weighted by molar-refractivity contribution is 6.38. The monoisotopic (exact) mass is 379 g/mol. The Kier molecular flexibility index (Phi) is 4.88. The van der Waals surface area contributed by atoms with Gasteiger partial charge in [0, 0.05) is 5.02 Å². The Morgan fingerprint density at radius 2 is 1.72 bits per heavy atom. The molecule has 0 atom stereocenters. The van der Waals surface area contributed by atoms with Crippen molar-refractivity contribution in [1.82, 2.24) is 4.57 Å². The molecule has 0 fully saturated rings. The topological polar surface area (TPSA) is 61.4 Å².